The van der Waals surface area contributed by atoms with E-state index in [-0.39, 0.29) is 7.43 Å². The van der Waals surface area contributed by atoms with Gasteiger partial charge < -0.3 is 4.98 Å². The lowest BCUT2D eigenvalue weighted by atomic mass is 9.99. The normalized spacial score (nSPS) is 11.5. The zero-order chi connectivity index (χ0) is 13.6. The van der Waals surface area contributed by atoms with Gasteiger partial charge in [-0.1, -0.05) is 59.4 Å². The first-order valence-electron chi connectivity index (χ1n) is 6.98. The molecule has 0 aliphatic carbocycles. The van der Waals surface area contributed by atoms with Gasteiger partial charge in [0.15, 0.2) is 0 Å². The third-order valence-corrected chi connectivity index (χ3v) is 3.72. The van der Waals surface area contributed by atoms with Crippen molar-refractivity contribution in [1.29, 1.82) is 0 Å². The number of nitrogens with zero attached hydrogens (tertiary/aromatic N) is 1. The van der Waals surface area contributed by atoms with E-state index in [2.05, 4.69) is 63.0 Å². The van der Waals surface area contributed by atoms with Crippen molar-refractivity contribution in [2.45, 2.75) is 47.0 Å². The summed E-state index contributed by atoms with van der Waals surface area (Å²) in [4.78, 5) is 8.17. The molecular weight excluding hydrogens is 244 g/mol. The van der Waals surface area contributed by atoms with Crippen molar-refractivity contribution in [3.63, 3.8) is 0 Å². The molecule has 0 saturated carbocycles. The number of benzene rings is 2. The Labute approximate surface area is 121 Å². The van der Waals surface area contributed by atoms with Gasteiger partial charge in [-0.2, -0.15) is 0 Å². The highest BCUT2D eigenvalue weighted by Crippen LogP contribution is 2.28. The van der Waals surface area contributed by atoms with Crippen molar-refractivity contribution in [1.82, 2.24) is 9.97 Å². The number of H-pyrrole nitrogens is 1. The highest BCUT2D eigenvalue weighted by atomic mass is 14.9. The number of rotatable bonds is 2. The van der Waals surface area contributed by atoms with E-state index in [1.165, 1.54) is 16.3 Å². The highest BCUT2D eigenvalue weighted by Gasteiger charge is 2.10. The number of aromatic amines is 1. The molecule has 0 spiro atoms. The fraction of sp³-hybridized carbons (Fsp3) is 0.389. The lowest BCUT2D eigenvalue weighted by Gasteiger charge is -2.07. The van der Waals surface area contributed by atoms with Gasteiger partial charge >= 0.3 is 0 Å². The summed E-state index contributed by atoms with van der Waals surface area (Å²) in [6, 6.07) is 11.0. The molecule has 0 fully saturated rings. The Bertz CT molecular complexity index is 736. The van der Waals surface area contributed by atoms with Crippen LogP contribution in [0.25, 0.3) is 21.8 Å². The van der Waals surface area contributed by atoms with E-state index >= 15 is 0 Å². The van der Waals surface area contributed by atoms with E-state index < -0.39 is 0 Å². The maximum absolute atomic E-state index is 4.76. The van der Waals surface area contributed by atoms with Crippen LogP contribution in [-0.4, -0.2) is 9.97 Å². The smallest absolute Gasteiger partial charge is 0.109 e. The summed E-state index contributed by atoms with van der Waals surface area (Å²) in [5.74, 6) is 2.05. The highest BCUT2D eigenvalue weighted by molar-refractivity contribution is 6.04. The molecule has 1 aromatic heterocycles. The number of nitrogens with one attached hydrogen (secondary N) is 1. The van der Waals surface area contributed by atoms with E-state index in [9.17, 15) is 0 Å². The van der Waals surface area contributed by atoms with Crippen LogP contribution in [0.4, 0.5) is 0 Å². The van der Waals surface area contributed by atoms with E-state index in [0.29, 0.717) is 11.8 Å². The van der Waals surface area contributed by atoms with Crippen LogP contribution in [-0.2, 0) is 0 Å². The second-order valence-corrected chi connectivity index (χ2v) is 5.87. The van der Waals surface area contributed by atoms with E-state index in [1.807, 2.05) is 0 Å². The first-order valence-corrected chi connectivity index (χ1v) is 6.98. The van der Waals surface area contributed by atoms with Gasteiger partial charge in [-0.25, -0.2) is 4.98 Å². The van der Waals surface area contributed by atoms with Crippen molar-refractivity contribution in [3.8, 4) is 0 Å². The quantitative estimate of drug-likeness (QED) is 0.644. The molecule has 0 aliphatic heterocycles. The fourth-order valence-corrected chi connectivity index (χ4v) is 2.47. The minimum Gasteiger partial charge on any atom is -0.342 e. The predicted octanol–water partition coefficient (Wildman–Crippen LogP) is 5.60. The molecular formula is C18H24N2. The predicted molar refractivity (Wildman–Crippen MR) is 88.5 cm³/mol. The van der Waals surface area contributed by atoms with Gasteiger partial charge in [0.2, 0.25) is 0 Å². The largest absolute Gasteiger partial charge is 0.342 e. The Morgan fingerprint density at radius 2 is 1.70 bits per heavy atom. The minimum absolute atomic E-state index is 0. The second-order valence-electron chi connectivity index (χ2n) is 5.87. The van der Waals surface area contributed by atoms with E-state index in [0.717, 1.165) is 16.9 Å². The molecule has 2 nitrogen and oxygen atoms in total. The first-order chi connectivity index (χ1) is 9.06. The van der Waals surface area contributed by atoms with Crippen LogP contribution < -0.4 is 0 Å². The summed E-state index contributed by atoms with van der Waals surface area (Å²) in [5, 5.41) is 2.52. The molecule has 3 aromatic rings. The lowest BCUT2D eigenvalue weighted by Crippen LogP contribution is -1.88. The van der Waals surface area contributed by atoms with E-state index in [1.54, 1.807) is 0 Å². The topological polar surface area (TPSA) is 28.7 Å². The van der Waals surface area contributed by atoms with Gasteiger partial charge in [-0.05, 0) is 22.9 Å². The molecule has 0 amide bonds. The first kappa shape index (κ1) is 14.6. The van der Waals surface area contributed by atoms with Crippen molar-refractivity contribution < 1.29 is 0 Å². The summed E-state index contributed by atoms with van der Waals surface area (Å²) < 4.78 is 0. The van der Waals surface area contributed by atoms with Crippen LogP contribution in [0.1, 0.15) is 58.3 Å². The summed E-state index contributed by atoms with van der Waals surface area (Å²) >= 11 is 0. The standard InChI is InChI=1S/C17H20N2.CH4/c1-10(2)12-5-7-14-13(9-12)6-8-15-16(14)19-17(18-15)11(3)4;/h5-11H,1-4H3,(H,18,19);1H4. The monoisotopic (exact) mass is 268 g/mol. The van der Waals surface area contributed by atoms with Crippen LogP contribution in [0, 0.1) is 0 Å². The van der Waals surface area contributed by atoms with Crippen LogP contribution in [0.5, 0.6) is 0 Å². The van der Waals surface area contributed by atoms with Crippen molar-refractivity contribution >= 4 is 21.8 Å². The molecule has 3 rings (SSSR count). The Balaban J connectivity index is 0.00000147. The Morgan fingerprint density at radius 1 is 0.950 bits per heavy atom. The molecule has 20 heavy (non-hydrogen) atoms. The molecule has 0 saturated heterocycles. The van der Waals surface area contributed by atoms with Crippen molar-refractivity contribution in [2.75, 3.05) is 0 Å². The van der Waals surface area contributed by atoms with Gasteiger partial charge in [0.05, 0.1) is 11.0 Å². The summed E-state index contributed by atoms with van der Waals surface area (Å²) in [7, 11) is 0. The van der Waals surface area contributed by atoms with Crippen LogP contribution in [0.2, 0.25) is 0 Å². The average Bonchev–Trinajstić information content (AvgIpc) is 2.82. The van der Waals surface area contributed by atoms with Crippen molar-refractivity contribution in [2.24, 2.45) is 0 Å². The average molecular weight is 268 g/mol. The number of fused-ring (bicyclic) bond motifs is 3. The molecule has 0 radical (unpaired) electrons. The zero-order valence-electron chi connectivity index (χ0n) is 12.0. The molecule has 1 N–H and O–H groups in total. The van der Waals surface area contributed by atoms with Crippen LogP contribution in [0.3, 0.4) is 0 Å². The van der Waals surface area contributed by atoms with Crippen LogP contribution in [0.15, 0.2) is 30.3 Å². The van der Waals surface area contributed by atoms with Gasteiger partial charge in [0.25, 0.3) is 0 Å². The van der Waals surface area contributed by atoms with Gasteiger partial charge in [0.1, 0.15) is 5.82 Å². The molecule has 0 aliphatic rings. The Kier molecular flexibility index (Phi) is 3.85. The Hall–Kier alpha value is -1.83. The number of hydrogen-bond donors (Lipinski definition) is 1. The SMILES string of the molecule is C.CC(C)c1ccc2c(ccc3[nH]c(C(C)C)nc32)c1. The lowest BCUT2D eigenvalue weighted by molar-refractivity contribution is 0.799. The molecule has 0 unspecified atom stereocenters. The molecule has 1 heterocycles. The fourth-order valence-electron chi connectivity index (χ4n) is 2.47. The number of hydrogen-bond acceptors (Lipinski definition) is 1. The van der Waals surface area contributed by atoms with Crippen molar-refractivity contribution in [3.05, 3.63) is 41.7 Å². The molecule has 0 bridgehead atoms. The van der Waals surface area contributed by atoms with Gasteiger partial charge in [-0.3, -0.25) is 0 Å². The van der Waals surface area contributed by atoms with Crippen LogP contribution >= 0.6 is 0 Å². The van der Waals surface area contributed by atoms with E-state index in [4.69, 9.17) is 4.98 Å². The van der Waals surface area contributed by atoms with Gasteiger partial charge in [-0.15, -0.1) is 0 Å². The maximum Gasteiger partial charge on any atom is 0.109 e. The second kappa shape index (κ2) is 5.28. The Morgan fingerprint density at radius 3 is 2.35 bits per heavy atom. The number of aromatic nitrogens is 2. The third-order valence-electron chi connectivity index (χ3n) is 3.72. The summed E-state index contributed by atoms with van der Waals surface area (Å²) in [6.45, 7) is 8.78. The maximum atomic E-state index is 4.76. The van der Waals surface area contributed by atoms with Gasteiger partial charge in [0, 0.05) is 11.3 Å². The zero-order valence-corrected chi connectivity index (χ0v) is 12.0. The molecule has 0 atom stereocenters. The molecule has 106 valence electrons. The summed E-state index contributed by atoms with van der Waals surface area (Å²) in [6.07, 6.45) is 0. The number of imidazole rings is 1. The molecule has 2 aromatic carbocycles. The third kappa shape index (κ3) is 2.31. The minimum atomic E-state index is 0. The summed E-state index contributed by atoms with van der Waals surface area (Å²) in [5.41, 5.74) is 3.61. The molecule has 2 heteroatoms.